The summed E-state index contributed by atoms with van der Waals surface area (Å²) in [5.74, 6) is 0.723. The van der Waals surface area contributed by atoms with Crippen molar-refractivity contribution in [3.8, 4) is 56.7 Å². The number of carboxylic acids is 1. The summed E-state index contributed by atoms with van der Waals surface area (Å²) in [4.78, 5) is 62.3. The van der Waals surface area contributed by atoms with Gasteiger partial charge in [-0.1, -0.05) is 172 Å². The van der Waals surface area contributed by atoms with Crippen molar-refractivity contribution in [3.05, 3.63) is 298 Å². The molecule has 0 saturated heterocycles. The minimum Gasteiger partial charge on any atom is -0.477 e. The van der Waals surface area contributed by atoms with Crippen LogP contribution in [0.5, 0.6) is 0 Å². The monoisotopic (exact) mass is 1480 g/mol. The molecule has 6 aromatic heterocycles. The second-order valence-corrected chi connectivity index (χ2v) is 24.1. The minimum absolute atomic E-state index is 0.0751. The number of carbonyl (C=O) groups excluding carboxylic acids is 2. The molecule has 6 aromatic carbocycles. The Kier molecular flexibility index (Phi) is 26.6. The number of hydrogen-bond acceptors (Lipinski definition) is 11. The number of halogens is 7. The van der Waals surface area contributed by atoms with Crippen molar-refractivity contribution in [1.29, 1.82) is 0 Å². The van der Waals surface area contributed by atoms with Crippen LogP contribution < -0.4 is 5.46 Å². The van der Waals surface area contributed by atoms with Crippen LogP contribution in [0.3, 0.4) is 0 Å². The first-order valence-electron chi connectivity index (χ1n) is 28.6. The normalized spacial score (nSPS) is 10.4. The van der Waals surface area contributed by atoms with Crippen LogP contribution in [0.2, 0.25) is 30.1 Å². The summed E-state index contributed by atoms with van der Waals surface area (Å²) in [6.07, 6.45) is 13.8. The minimum atomic E-state index is -1.34. The molecule has 0 aliphatic heterocycles. The van der Waals surface area contributed by atoms with E-state index < -0.39 is 13.1 Å². The van der Waals surface area contributed by atoms with Gasteiger partial charge in [0.05, 0.1) is 25.3 Å². The quantitative estimate of drug-likeness (QED) is 0.0380. The van der Waals surface area contributed by atoms with Crippen LogP contribution in [0.4, 0.5) is 0 Å². The van der Waals surface area contributed by atoms with Crippen molar-refractivity contribution in [2.75, 3.05) is 0 Å². The number of carbonyl (C=O) groups is 3. The van der Waals surface area contributed by atoms with Crippen LogP contribution >= 0.6 is 92.2 Å². The molecule has 0 saturated carbocycles. The van der Waals surface area contributed by atoms with Crippen molar-refractivity contribution in [1.82, 2.24) is 43.6 Å². The van der Waals surface area contributed by atoms with E-state index >= 15 is 0 Å². The lowest BCUT2D eigenvalue weighted by Crippen LogP contribution is -2.29. The number of imidazole rings is 3. The highest BCUT2D eigenvalue weighted by Crippen LogP contribution is 2.34. The molecule has 474 valence electrons. The van der Waals surface area contributed by atoms with Crippen molar-refractivity contribution < 1.29 is 29.5 Å². The summed E-state index contributed by atoms with van der Waals surface area (Å²) in [5.41, 5.74) is 10.2. The van der Waals surface area contributed by atoms with Gasteiger partial charge in [-0.05, 0) is 157 Å². The summed E-state index contributed by atoms with van der Waals surface area (Å²) in [6, 6.07) is 54.3. The molecule has 12 aromatic rings. The Morgan fingerprint density at radius 1 is 0.479 bits per heavy atom. The van der Waals surface area contributed by atoms with E-state index in [1.54, 1.807) is 127 Å². The van der Waals surface area contributed by atoms with E-state index in [4.69, 9.17) is 84.6 Å². The topological polar surface area (TPSA) is 204 Å². The van der Waals surface area contributed by atoms with Gasteiger partial charge in [0.25, 0.3) is 0 Å². The molecule has 0 radical (unpaired) electrons. The van der Waals surface area contributed by atoms with Gasteiger partial charge in [0.1, 0.15) is 38.3 Å². The fourth-order valence-corrected chi connectivity index (χ4v) is 10.9. The van der Waals surface area contributed by atoms with Crippen molar-refractivity contribution in [2.24, 2.45) is 0 Å². The standard InChI is InChI=1S/C22H15Cl2N3O2.C22H15Cl2N3O.C16H10Cl2IN3O.C6H7BO2.C5H10/c23-17-8-9-18(24)16(11-17)13-27-20(22(28)29)19(14-5-2-1-3-6-14)26-21(27)15-7-4-10-25-12-15;23-18-8-9-19(24)17(11-18)13-27-20(14-28)21(15-5-2-1-3-6-15)26-22(27)16-7-4-10-25-12-16;17-12-3-4-13(18)11(6-12)8-22-14(9-23)15(19)21-16(22)10-2-1-5-20-7-10;8-7(9)6-4-2-1-3-5-6;1-4-5(2)3/h1-12H,13H2,(H,28,29);1-12,14H,13H2;1-7,9H,8H2;1-5,8-9H;4H,1-3H3. The summed E-state index contributed by atoms with van der Waals surface area (Å²) >= 11 is 39.4. The van der Waals surface area contributed by atoms with Crippen LogP contribution in [0.15, 0.2) is 231 Å². The number of aromatic nitrogens is 9. The zero-order valence-electron chi connectivity index (χ0n) is 50.5. The molecule has 0 fully saturated rings. The molecule has 23 heteroatoms. The molecule has 0 amide bonds. The van der Waals surface area contributed by atoms with Crippen LogP contribution in [0.25, 0.3) is 56.7 Å². The van der Waals surface area contributed by atoms with Gasteiger partial charge >= 0.3 is 13.1 Å². The van der Waals surface area contributed by atoms with Gasteiger partial charge in [0.15, 0.2) is 18.3 Å². The second-order valence-electron chi connectivity index (χ2n) is 20.5. The highest BCUT2D eigenvalue weighted by atomic mass is 127. The first kappa shape index (κ1) is 71.3. The van der Waals surface area contributed by atoms with Gasteiger partial charge in [-0.2, -0.15) is 0 Å². The number of aromatic carboxylic acids is 1. The number of pyridine rings is 3. The first-order valence-corrected chi connectivity index (χ1v) is 32.0. The Morgan fingerprint density at radius 2 is 0.830 bits per heavy atom. The third-order valence-electron chi connectivity index (χ3n) is 13.9. The van der Waals surface area contributed by atoms with E-state index in [1.165, 1.54) is 5.57 Å². The van der Waals surface area contributed by atoms with Crippen LogP contribution in [0.1, 0.15) is 68.9 Å². The fourth-order valence-electron chi connectivity index (χ4n) is 9.16. The Balaban J connectivity index is 0.000000164. The maximum atomic E-state index is 12.3. The summed E-state index contributed by atoms with van der Waals surface area (Å²) in [6.45, 7) is 7.16. The number of benzene rings is 6. The molecule has 0 unspecified atom stereocenters. The predicted octanol–water partition coefficient (Wildman–Crippen LogP) is 17.5. The van der Waals surface area contributed by atoms with E-state index in [0.717, 1.165) is 40.4 Å². The second kappa shape index (κ2) is 35.1. The Bertz CT molecular complexity index is 4530. The summed E-state index contributed by atoms with van der Waals surface area (Å²) in [7, 11) is -1.34. The highest BCUT2D eigenvalue weighted by molar-refractivity contribution is 14.1. The lowest BCUT2D eigenvalue weighted by Gasteiger charge is -2.12. The third kappa shape index (κ3) is 19.1. The molecule has 12 rings (SSSR count). The molecule has 15 nitrogen and oxygen atoms in total. The van der Waals surface area contributed by atoms with E-state index in [2.05, 4.69) is 44.8 Å². The number of carboxylic acid groups (broad SMARTS) is 1. The SMILES string of the molecule is CC=C(C)C.O=C(O)c1c(-c2ccccc2)nc(-c2cccnc2)n1Cc1cc(Cl)ccc1Cl.O=Cc1c(-c2ccccc2)nc(-c2cccnc2)n1Cc1cc(Cl)ccc1Cl.O=Cc1c(I)nc(-c2cccnc2)n1Cc1cc(Cl)ccc1Cl.OB(O)c1ccccc1. The largest absolute Gasteiger partial charge is 0.488 e. The molecular formula is C71H57BCl6IN9O6. The molecule has 0 bridgehead atoms. The Morgan fingerprint density at radius 3 is 1.19 bits per heavy atom. The zero-order valence-corrected chi connectivity index (χ0v) is 57.1. The number of hydrogen-bond donors (Lipinski definition) is 3. The Labute approximate surface area is 587 Å². The molecule has 6 heterocycles. The summed E-state index contributed by atoms with van der Waals surface area (Å²) < 4.78 is 5.95. The molecular weight excluding hydrogens is 1430 g/mol. The average molecular weight is 1480 g/mol. The van der Waals surface area contributed by atoms with Crippen LogP contribution in [-0.4, -0.2) is 84.4 Å². The smallest absolute Gasteiger partial charge is 0.477 e. The molecule has 94 heavy (non-hydrogen) atoms. The Hall–Kier alpha value is -8.60. The van der Waals surface area contributed by atoms with Gasteiger partial charge in [0, 0.05) is 95.1 Å². The van der Waals surface area contributed by atoms with Crippen LogP contribution in [0, 0.1) is 3.70 Å². The van der Waals surface area contributed by atoms with E-state index in [9.17, 15) is 19.5 Å². The molecule has 0 aliphatic carbocycles. The van der Waals surface area contributed by atoms with Gasteiger partial charge in [-0.15, -0.1) is 0 Å². The van der Waals surface area contributed by atoms with Gasteiger partial charge < -0.3 is 28.9 Å². The van der Waals surface area contributed by atoms with Gasteiger partial charge in [0.2, 0.25) is 0 Å². The van der Waals surface area contributed by atoms with E-state index in [1.807, 2.05) is 136 Å². The number of allylic oxidation sites excluding steroid dienone is 2. The molecule has 0 spiro atoms. The van der Waals surface area contributed by atoms with E-state index in [-0.39, 0.29) is 12.2 Å². The molecule has 0 atom stereocenters. The third-order valence-corrected chi connectivity index (χ3v) is 16.5. The van der Waals surface area contributed by atoms with E-state index in [0.29, 0.717) is 109 Å². The average Bonchev–Trinajstić information content (AvgIpc) is 1.64. The lowest BCUT2D eigenvalue weighted by molar-refractivity contribution is 0.0686. The number of aldehydes is 2. The van der Waals surface area contributed by atoms with Crippen molar-refractivity contribution in [2.45, 2.75) is 40.4 Å². The fraction of sp³-hybridized carbons (Fsp3) is 0.0845. The molecule has 0 aliphatic rings. The van der Waals surface area contributed by atoms with Gasteiger partial charge in [-0.3, -0.25) is 24.5 Å². The molecule has 3 N–H and O–H groups in total. The van der Waals surface area contributed by atoms with Crippen molar-refractivity contribution >= 4 is 123 Å². The van der Waals surface area contributed by atoms with Crippen LogP contribution in [-0.2, 0) is 19.6 Å². The predicted molar refractivity (Wildman–Crippen MR) is 386 cm³/mol. The van der Waals surface area contributed by atoms with Gasteiger partial charge in [-0.25, -0.2) is 19.7 Å². The lowest BCUT2D eigenvalue weighted by atomic mass is 9.81. The maximum absolute atomic E-state index is 12.3. The highest BCUT2D eigenvalue weighted by Gasteiger charge is 2.26. The number of nitrogens with zero attached hydrogens (tertiary/aromatic N) is 9. The number of rotatable bonds is 15. The maximum Gasteiger partial charge on any atom is 0.488 e. The summed E-state index contributed by atoms with van der Waals surface area (Å²) in [5, 5.41) is 30.6. The zero-order chi connectivity index (χ0) is 67.3. The first-order chi connectivity index (χ1) is 45.4. The van der Waals surface area contributed by atoms with Crippen molar-refractivity contribution in [3.63, 3.8) is 0 Å².